The van der Waals surface area contributed by atoms with Crippen LogP contribution in [0.5, 0.6) is 0 Å². The third-order valence-corrected chi connectivity index (χ3v) is 6.47. The van der Waals surface area contributed by atoms with E-state index >= 15 is 0 Å². The van der Waals surface area contributed by atoms with Gasteiger partial charge >= 0.3 is 5.69 Å². The largest absolute Gasteiger partial charge is 0.383 e. The smallest absolute Gasteiger partial charge is 0.333 e. The molecule has 9 heteroatoms. The van der Waals surface area contributed by atoms with Crippen molar-refractivity contribution in [3.8, 4) is 0 Å². The maximum Gasteiger partial charge on any atom is 0.333 e. The summed E-state index contributed by atoms with van der Waals surface area (Å²) in [5, 5.41) is 0. The highest BCUT2D eigenvalue weighted by atomic mass is 16.5. The molecule has 35 heavy (non-hydrogen) atoms. The highest BCUT2D eigenvalue weighted by molar-refractivity contribution is 5.96. The monoisotopic (exact) mass is 473 g/mol. The number of fused-ring (bicyclic) bond motifs is 2. The summed E-state index contributed by atoms with van der Waals surface area (Å²) >= 11 is 0. The fraction of sp³-hybridized carbons (Fsp3) is 0.308. The van der Waals surface area contributed by atoms with Crippen LogP contribution in [0.2, 0.25) is 0 Å². The highest BCUT2D eigenvalue weighted by Crippen LogP contribution is 2.31. The molecule has 0 spiro atoms. The first-order valence-electron chi connectivity index (χ1n) is 11.6. The normalized spacial score (nSPS) is 15.0. The van der Waals surface area contributed by atoms with Gasteiger partial charge in [0.1, 0.15) is 6.54 Å². The lowest BCUT2D eigenvalue weighted by Gasteiger charge is -2.23. The van der Waals surface area contributed by atoms with E-state index in [1.165, 1.54) is 10.9 Å². The van der Waals surface area contributed by atoms with Crippen LogP contribution in [0.25, 0.3) is 11.2 Å². The number of carbonyl (C=O) groups is 1. The molecule has 2 aromatic carbocycles. The minimum absolute atomic E-state index is 0.0573. The van der Waals surface area contributed by atoms with Gasteiger partial charge in [-0.3, -0.25) is 14.2 Å². The van der Waals surface area contributed by atoms with Gasteiger partial charge in [0.2, 0.25) is 5.91 Å². The number of amides is 1. The molecule has 0 bridgehead atoms. The maximum absolute atomic E-state index is 13.6. The van der Waals surface area contributed by atoms with Crippen LogP contribution >= 0.6 is 0 Å². The Kier molecular flexibility index (Phi) is 6.08. The molecule has 1 amide bonds. The zero-order chi connectivity index (χ0) is 24.5. The van der Waals surface area contributed by atoms with Crippen molar-refractivity contribution in [2.24, 2.45) is 0 Å². The molecule has 0 saturated carbocycles. The van der Waals surface area contributed by atoms with Crippen LogP contribution in [0.4, 0.5) is 5.69 Å². The lowest BCUT2D eigenvalue weighted by molar-refractivity contribution is -0.119. The van der Waals surface area contributed by atoms with Crippen LogP contribution in [-0.4, -0.2) is 44.4 Å². The third kappa shape index (κ3) is 4.08. The summed E-state index contributed by atoms with van der Waals surface area (Å²) in [6, 6.07) is 17.2. The molecule has 1 aliphatic rings. The Morgan fingerprint density at radius 2 is 1.80 bits per heavy atom. The van der Waals surface area contributed by atoms with E-state index in [4.69, 9.17) is 4.74 Å². The van der Waals surface area contributed by atoms with Gasteiger partial charge in [0.05, 0.1) is 19.5 Å². The average molecular weight is 474 g/mol. The van der Waals surface area contributed by atoms with Gasteiger partial charge in [-0.1, -0.05) is 48.5 Å². The van der Waals surface area contributed by atoms with Crippen molar-refractivity contribution in [2.45, 2.75) is 39.0 Å². The second-order valence-electron chi connectivity index (χ2n) is 8.79. The Morgan fingerprint density at radius 1 is 1.06 bits per heavy atom. The molecule has 180 valence electrons. The lowest BCUT2D eigenvalue weighted by Crippen LogP contribution is -2.46. The third-order valence-electron chi connectivity index (χ3n) is 6.47. The Labute approximate surface area is 201 Å². The van der Waals surface area contributed by atoms with Gasteiger partial charge in [-0.25, -0.2) is 14.3 Å². The first-order chi connectivity index (χ1) is 17.0. The fourth-order valence-electron chi connectivity index (χ4n) is 4.80. The number of ether oxygens (including phenoxy) is 1. The van der Waals surface area contributed by atoms with Gasteiger partial charge in [0.15, 0.2) is 11.2 Å². The lowest BCUT2D eigenvalue weighted by atomic mass is 10.1. The van der Waals surface area contributed by atoms with E-state index in [1.807, 2.05) is 61.5 Å². The molecule has 5 rings (SSSR count). The second kappa shape index (κ2) is 9.34. The standard InChI is InChI=1S/C26H27N5O4/c1-18-14-20-10-6-7-11-21(20)31(18)22(32)16-30-25(33)23-24(27-17-28(23)12-13-35-2)29(26(30)34)15-19-8-4-3-5-9-19/h3-11,17-18H,12-16H2,1-2H3/t18-/m1/s1. The summed E-state index contributed by atoms with van der Waals surface area (Å²) in [5.41, 5.74) is 2.28. The minimum atomic E-state index is -0.558. The highest BCUT2D eigenvalue weighted by Gasteiger charge is 2.31. The summed E-state index contributed by atoms with van der Waals surface area (Å²) in [6.45, 7) is 2.63. The summed E-state index contributed by atoms with van der Waals surface area (Å²) < 4.78 is 9.35. The predicted molar refractivity (Wildman–Crippen MR) is 133 cm³/mol. The Hall–Kier alpha value is -3.98. The number of hydrogen-bond acceptors (Lipinski definition) is 5. The fourth-order valence-corrected chi connectivity index (χ4v) is 4.80. The number of methoxy groups -OCH3 is 1. The molecule has 2 aromatic heterocycles. The molecule has 0 saturated heterocycles. The Balaban J connectivity index is 1.61. The number of hydrogen-bond donors (Lipinski definition) is 0. The molecule has 9 nitrogen and oxygen atoms in total. The molecule has 1 atom stereocenters. The molecule has 0 unspecified atom stereocenters. The van der Waals surface area contributed by atoms with E-state index < -0.39 is 11.2 Å². The first-order valence-corrected chi connectivity index (χ1v) is 11.6. The summed E-state index contributed by atoms with van der Waals surface area (Å²) in [5.74, 6) is -0.296. The average Bonchev–Trinajstić information content (AvgIpc) is 3.44. The number of rotatable bonds is 7. The zero-order valence-electron chi connectivity index (χ0n) is 19.8. The SMILES string of the molecule is COCCn1cnc2c1c(=O)n(CC(=O)N1c3ccccc3C[C@H]1C)c(=O)n2Cc1ccccc1. The van der Waals surface area contributed by atoms with Crippen molar-refractivity contribution in [3.05, 3.63) is 92.9 Å². The van der Waals surface area contributed by atoms with Crippen molar-refractivity contribution in [2.75, 3.05) is 18.6 Å². The van der Waals surface area contributed by atoms with E-state index in [1.54, 1.807) is 16.6 Å². The van der Waals surface area contributed by atoms with E-state index in [2.05, 4.69) is 4.98 Å². The molecule has 0 radical (unpaired) electrons. The Morgan fingerprint density at radius 3 is 2.57 bits per heavy atom. The van der Waals surface area contributed by atoms with Crippen molar-refractivity contribution >= 4 is 22.8 Å². The molecule has 4 aromatic rings. The quantitative estimate of drug-likeness (QED) is 0.410. The number of benzene rings is 2. The van der Waals surface area contributed by atoms with Crippen LogP contribution in [-0.2, 0) is 35.6 Å². The van der Waals surface area contributed by atoms with E-state index in [0.29, 0.717) is 18.8 Å². The molecule has 0 N–H and O–H groups in total. The topological polar surface area (TPSA) is 91.4 Å². The Bertz CT molecular complexity index is 1500. The molecule has 3 heterocycles. The van der Waals surface area contributed by atoms with Gasteiger partial charge in [-0.2, -0.15) is 0 Å². The zero-order valence-corrected chi connectivity index (χ0v) is 19.8. The van der Waals surface area contributed by atoms with Crippen LogP contribution in [0, 0.1) is 0 Å². The van der Waals surface area contributed by atoms with Crippen LogP contribution in [0.3, 0.4) is 0 Å². The number of anilines is 1. The van der Waals surface area contributed by atoms with Crippen LogP contribution in [0.1, 0.15) is 18.1 Å². The molecule has 1 aliphatic heterocycles. The second-order valence-corrected chi connectivity index (χ2v) is 8.79. The van der Waals surface area contributed by atoms with E-state index in [0.717, 1.165) is 27.8 Å². The van der Waals surface area contributed by atoms with E-state index in [9.17, 15) is 14.4 Å². The number of imidazole rings is 1. The summed E-state index contributed by atoms with van der Waals surface area (Å²) in [6.07, 6.45) is 2.27. The number of carbonyl (C=O) groups excluding carboxylic acids is 1. The summed E-state index contributed by atoms with van der Waals surface area (Å²) in [7, 11) is 1.58. The van der Waals surface area contributed by atoms with Crippen LogP contribution < -0.4 is 16.1 Å². The van der Waals surface area contributed by atoms with Crippen molar-refractivity contribution < 1.29 is 9.53 Å². The summed E-state index contributed by atoms with van der Waals surface area (Å²) in [4.78, 5) is 46.7. The van der Waals surface area contributed by atoms with Crippen LogP contribution in [0.15, 0.2) is 70.5 Å². The molecule has 0 aliphatic carbocycles. The van der Waals surface area contributed by atoms with Gasteiger partial charge in [0.25, 0.3) is 5.56 Å². The molecular formula is C26H27N5O4. The minimum Gasteiger partial charge on any atom is -0.383 e. The predicted octanol–water partition coefficient (Wildman–Crippen LogP) is 2.03. The van der Waals surface area contributed by atoms with Gasteiger partial charge in [-0.05, 0) is 30.5 Å². The molecular weight excluding hydrogens is 446 g/mol. The molecule has 0 fully saturated rings. The number of para-hydroxylation sites is 1. The maximum atomic E-state index is 13.6. The number of aromatic nitrogens is 4. The first kappa shape index (κ1) is 22.8. The van der Waals surface area contributed by atoms with Gasteiger partial charge in [-0.15, -0.1) is 0 Å². The number of nitrogens with zero attached hydrogens (tertiary/aromatic N) is 5. The van der Waals surface area contributed by atoms with E-state index in [-0.39, 0.29) is 30.6 Å². The van der Waals surface area contributed by atoms with Crippen molar-refractivity contribution in [1.29, 1.82) is 0 Å². The van der Waals surface area contributed by atoms with Crippen molar-refractivity contribution in [1.82, 2.24) is 18.7 Å². The van der Waals surface area contributed by atoms with Gasteiger partial charge in [0, 0.05) is 25.4 Å². The van der Waals surface area contributed by atoms with Crippen molar-refractivity contribution in [3.63, 3.8) is 0 Å². The van der Waals surface area contributed by atoms with Gasteiger partial charge < -0.3 is 14.2 Å².